The molecule has 0 unspecified atom stereocenters. The van der Waals surface area contributed by atoms with Crippen molar-refractivity contribution in [2.75, 3.05) is 20.1 Å². The lowest BCUT2D eigenvalue weighted by atomic mass is 9.49. The lowest BCUT2D eigenvalue weighted by Gasteiger charge is -2.56. The van der Waals surface area contributed by atoms with Crippen LogP contribution in [0.1, 0.15) is 67.5 Å². The fraction of sp³-hybridized carbons (Fsp3) is 0.762. The van der Waals surface area contributed by atoms with Crippen LogP contribution in [0, 0.1) is 17.8 Å². The predicted molar refractivity (Wildman–Crippen MR) is 103 cm³/mol. The summed E-state index contributed by atoms with van der Waals surface area (Å²) in [5, 5.41) is 3.02. The van der Waals surface area contributed by atoms with Crippen molar-refractivity contribution in [1.82, 2.24) is 20.2 Å². The van der Waals surface area contributed by atoms with Crippen LogP contribution in [0.3, 0.4) is 0 Å². The fourth-order valence-corrected chi connectivity index (χ4v) is 6.77. The van der Waals surface area contributed by atoms with E-state index < -0.39 is 0 Å². The zero-order valence-electron chi connectivity index (χ0n) is 16.2. The molecule has 2 N–H and O–H groups in total. The van der Waals surface area contributed by atoms with Crippen molar-refractivity contribution in [3.05, 3.63) is 27.9 Å². The number of amides is 1. The highest BCUT2D eigenvalue weighted by Gasteiger charge is 2.52. The molecule has 0 radical (unpaired) electrons. The summed E-state index contributed by atoms with van der Waals surface area (Å²) in [7, 11) is 2.06. The molecule has 4 aliphatic carbocycles. The van der Waals surface area contributed by atoms with Crippen LogP contribution in [0.4, 0.5) is 0 Å². The van der Waals surface area contributed by atoms with Crippen LogP contribution in [-0.4, -0.2) is 47.0 Å². The Balaban J connectivity index is 1.35. The van der Waals surface area contributed by atoms with Crippen LogP contribution >= 0.6 is 0 Å². The summed E-state index contributed by atoms with van der Waals surface area (Å²) in [5.41, 5.74) is -0.0799. The maximum atomic E-state index is 12.7. The van der Waals surface area contributed by atoms with Gasteiger partial charge in [0.1, 0.15) is 11.4 Å². The van der Waals surface area contributed by atoms with Crippen molar-refractivity contribution in [3.63, 3.8) is 0 Å². The number of carbonyl (C=O) groups is 1. The molecule has 1 aliphatic heterocycles. The predicted octanol–water partition coefficient (Wildman–Crippen LogP) is 2.06. The third-order valence-corrected chi connectivity index (χ3v) is 7.54. The third-order valence-electron chi connectivity index (χ3n) is 7.54. The van der Waals surface area contributed by atoms with Crippen molar-refractivity contribution in [2.45, 2.75) is 62.8 Å². The minimum atomic E-state index is -0.291. The Labute approximate surface area is 160 Å². The van der Waals surface area contributed by atoms with Gasteiger partial charge in [-0.1, -0.05) is 0 Å². The molecule has 1 aromatic heterocycles. The van der Waals surface area contributed by atoms with Crippen LogP contribution < -0.4 is 10.9 Å². The second-order valence-corrected chi connectivity index (χ2v) is 9.75. The van der Waals surface area contributed by atoms with Gasteiger partial charge in [-0.2, -0.15) is 0 Å². The zero-order chi connectivity index (χ0) is 18.6. The molecule has 2 heterocycles. The molecule has 6 rings (SSSR count). The zero-order valence-corrected chi connectivity index (χ0v) is 16.2. The Hall–Kier alpha value is -1.69. The lowest BCUT2D eigenvalue weighted by Crippen LogP contribution is -2.50. The second-order valence-electron chi connectivity index (χ2n) is 9.75. The number of rotatable bonds is 3. The number of piperidine rings is 1. The molecule has 6 nitrogen and oxygen atoms in total. The number of hydrogen-bond acceptors (Lipinski definition) is 4. The van der Waals surface area contributed by atoms with Crippen molar-refractivity contribution in [1.29, 1.82) is 0 Å². The van der Waals surface area contributed by atoms with Crippen LogP contribution in [0.25, 0.3) is 0 Å². The van der Waals surface area contributed by atoms with Crippen molar-refractivity contribution in [3.8, 4) is 0 Å². The molecule has 5 fully saturated rings. The Kier molecular flexibility index (Phi) is 4.15. The summed E-state index contributed by atoms with van der Waals surface area (Å²) in [6, 6.07) is 0.110. The first-order valence-corrected chi connectivity index (χ1v) is 10.6. The summed E-state index contributed by atoms with van der Waals surface area (Å²) in [6.07, 6.45) is 11.1. The highest BCUT2D eigenvalue weighted by Crippen LogP contribution is 2.59. The molecule has 1 saturated heterocycles. The number of aromatic nitrogens is 2. The molecule has 146 valence electrons. The number of likely N-dealkylation sites (tertiary alicyclic amines) is 1. The van der Waals surface area contributed by atoms with E-state index in [0.29, 0.717) is 0 Å². The van der Waals surface area contributed by atoms with Gasteiger partial charge in [-0.05, 0) is 82.7 Å². The first-order valence-electron chi connectivity index (χ1n) is 10.6. The first-order chi connectivity index (χ1) is 13.0. The molecular formula is C21H30N4O2. The third kappa shape index (κ3) is 3.12. The van der Waals surface area contributed by atoms with Gasteiger partial charge in [0, 0.05) is 24.2 Å². The lowest BCUT2D eigenvalue weighted by molar-refractivity contribution is -0.00954. The van der Waals surface area contributed by atoms with E-state index in [-0.39, 0.29) is 28.5 Å². The maximum absolute atomic E-state index is 12.7. The maximum Gasteiger partial charge on any atom is 0.263 e. The minimum Gasteiger partial charge on any atom is -0.348 e. The van der Waals surface area contributed by atoms with E-state index >= 15 is 0 Å². The summed E-state index contributed by atoms with van der Waals surface area (Å²) >= 11 is 0. The summed E-state index contributed by atoms with van der Waals surface area (Å²) in [6.45, 7) is 1.90. The number of likely N-dealkylation sites (N-methyl/N-ethyl adjacent to an activating group) is 1. The van der Waals surface area contributed by atoms with Gasteiger partial charge in [-0.25, -0.2) is 4.98 Å². The monoisotopic (exact) mass is 370 g/mol. The topological polar surface area (TPSA) is 78.1 Å². The van der Waals surface area contributed by atoms with E-state index in [1.54, 1.807) is 0 Å². The van der Waals surface area contributed by atoms with E-state index in [1.807, 2.05) is 0 Å². The van der Waals surface area contributed by atoms with Gasteiger partial charge in [0.05, 0.1) is 0 Å². The summed E-state index contributed by atoms with van der Waals surface area (Å²) < 4.78 is 0. The molecule has 0 spiro atoms. The molecule has 1 aromatic rings. The molecule has 6 heteroatoms. The van der Waals surface area contributed by atoms with E-state index in [1.165, 1.54) is 25.5 Å². The first kappa shape index (κ1) is 17.4. The van der Waals surface area contributed by atoms with E-state index in [9.17, 15) is 9.59 Å². The molecule has 4 bridgehead atoms. The molecule has 27 heavy (non-hydrogen) atoms. The minimum absolute atomic E-state index is 0.0506. The van der Waals surface area contributed by atoms with Crippen molar-refractivity contribution in [2.24, 2.45) is 17.8 Å². The van der Waals surface area contributed by atoms with E-state index in [0.717, 1.165) is 68.8 Å². The van der Waals surface area contributed by atoms with Crippen molar-refractivity contribution >= 4 is 5.91 Å². The molecule has 0 aromatic carbocycles. The molecule has 1 atom stereocenters. The van der Waals surface area contributed by atoms with Gasteiger partial charge >= 0.3 is 0 Å². The van der Waals surface area contributed by atoms with E-state index in [4.69, 9.17) is 0 Å². The number of hydrogen-bond donors (Lipinski definition) is 2. The Morgan fingerprint density at radius 1 is 1.22 bits per heavy atom. The Morgan fingerprint density at radius 2 is 1.89 bits per heavy atom. The van der Waals surface area contributed by atoms with Gasteiger partial charge < -0.3 is 15.2 Å². The van der Waals surface area contributed by atoms with Crippen LogP contribution in [0.5, 0.6) is 0 Å². The van der Waals surface area contributed by atoms with Gasteiger partial charge in [0.15, 0.2) is 0 Å². The normalized spacial score (nSPS) is 38.1. The standard InChI is InChI=1S/C21H30N4O2/c1-25-4-2-3-16(12-25)23-18(26)17-11-22-20(24-19(17)27)21-8-13-5-14(9-21)7-15(6-13)10-21/h11,13-16H,2-10,12H2,1H3,(H,23,26)(H,22,24,27)/t13?,14?,15?,16-,21?/m0/s1. The quantitative estimate of drug-likeness (QED) is 0.854. The number of nitrogens with one attached hydrogen (secondary N) is 2. The van der Waals surface area contributed by atoms with Crippen LogP contribution in [-0.2, 0) is 5.41 Å². The van der Waals surface area contributed by atoms with Crippen molar-refractivity contribution < 1.29 is 4.79 Å². The number of aromatic amines is 1. The Bertz CT molecular complexity index is 766. The summed E-state index contributed by atoms with van der Waals surface area (Å²) in [5.74, 6) is 2.94. The van der Waals surface area contributed by atoms with Gasteiger partial charge in [0.25, 0.3) is 11.5 Å². The molecule has 5 aliphatic rings. The average Bonchev–Trinajstić information content (AvgIpc) is 2.60. The smallest absolute Gasteiger partial charge is 0.263 e. The van der Waals surface area contributed by atoms with Crippen LogP contribution in [0.2, 0.25) is 0 Å². The second kappa shape index (κ2) is 6.43. The molecule has 1 amide bonds. The number of nitrogens with zero attached hydrogens (tertiary/aromatic N) is 2. The molecule has 4 saturated carbocycles. The average molecular weight is 370 g/mol. The highest BCUT2D eigenvalue weighted by atomic mass is 16.2. The van der Waals surface area contributed by atoms with Gasteiger partial charge in [-0.3, -0.25) is 9.59 Å². The molecular weight excluding hydrogens is 340 g/mol. The van der Waals surface area contributed by atoms with Crippen LogP contribution in [0.15, 0.2) is 11.0 Å². The highest BCUT2D eigenvalue weighted by molar-refractivity contribution is 5.93. The van der Waals surface area contributed by atoms with Gasteiger partial charge in [0.2, 0.25) is 0 Å². The SMILES string of the molecule is CN1CCC[C@H](NC(=O)c2cnc(C34CC5CC(CC(C5)C3)C4)[nH]c2=O)C1. The van der Waals surface area contributed by atoms with E-state index in [2.05, 4.69) is 27.2 Å². The fourth-order valence-electron chi connectivity index (χ4n) is 6.77. The number of carbonyl (C=O) groups excluding carboxylic acids is 1. The summed E-state index contributed by atoms with van der Waals surface area (Å²) in [4.78, 5) is 35.2. The number of H-pyrrole nitrogens is 1. The largest absolute Gasteiger partial charge is 0.348 e. The van der Waals surface area contributed by atoms with Gasteiger partial charge in [-0.15, -0.1) is 0 Å². The Morgan fingerprint density at radius 3 is 2.48 bits per heavy atom.